The second kappa shape index (κ2) is 3.14. The Labute approximate surface area is 81.9 Å². The molecule has 2 heterocycles. The fraction of sp³-hybridized carbons (Fsp3) is 0.200. The minimum absolute atomic E-state index is 0.366. The van der Waals surface area contributed by atoms with E-state index in [0.717, 1.165) is 5.70 Å². The largest absolute Gasteiger partial charge is 0.407 e. The van der Waals surface area contributed by atoms with Crippen molar-refractivity contribution in [3.8, 4) is 0 Å². The lowest BCUT2D eigenvalue weighted by molar-refractivity contribution is -0.130. The van der Waals surface area contributed by atoms with Crippen molar-refractivity contribution in [1.82, 2.24) is 4.90 Å². The van der Waals surface area contributed by atoms with Gasteiger partial charge in [0.2, 0.25) is 0 Å². The highest BCUT2D eigenvalue weighted by molar-refractivity contribution is 6.04. The van der Waals surface area contributed by atoms with E-state index in [1.165, 1.54) is 0 Å². The molecule has 4 nitrogen and oxygen atoms in total. The summed E-state index contributed by atoms with van der Waals surface area (Å²) in [6.07, 6.45) is 7.44. The van der Waals surface area contributed by atoms with Gasteiger partial charge < -0.3 is 9.64 Å². The van der Waals surface area contributed by atoms with Crippen LogP contribution in [-0.4, -0.2) is 23.8 Å². The van der Waals surface area contributed by atoms with Gasteiger partial charge in [0.05, 0.1) is 5.70 Å². The van der Waals surface area contributed by atoms with Crippen molar-refractivity contribution in [2.45, 2.75) is 6.92 Å². The van der Waals surface area contributed by atoms with E-state index in [1.807, 2.05) is 36.4 Å². The molecule has 2 aliphatic rings. The van der Waals surface area contributed by atoms with Crippen LogP contribution in [0.15, 0.2) is 40.8 Å². The van der Waals surface area contributed by atoms with Crippen LogP contribution in [-0.2, 0) is 9.53 Å². The Kier molecular flexibility index (Phi) is 1.96. The van der Waals surface area contributed by atoms with E-state index in [9.17, 15) is 4.79 Å². The first-order chi connectivity index (χ1) is 6.68. The molecule has 0 amide bonds. The van der Waals surface area contributed by atoms with E-state index in [1.54, 1.807) is 6.92 Å². The molecule has 0 aromatic carbocycles. The van der Waals surface area contributed by atoms with Crippen molar-refractivity contribution in [2.75, 3.05) is 7.05 Å². The predicted octanol–water partition coefficient (Wildman–Crippen LogP) is 1.19. The van der Waals surface area contributed by atoms with E-state index in [4.69, 9.17) is 4.74 Å². The van der Waals surface area contributed by atoms with E-state index in [0.29, 0.717) is 11.6 Å². The molecular formula is C10H10N2O2. The Hall–Kier alpha value is -1.84. The molecule has 0 fully saturated rings. The molecule has 0 unspecified atom stereocenters. The fourth-order valence-corrected chi connectivity index (χ4v) is 1.34. The van der Waals surface area contributed by atoms with Crippen LogP contribution in [0.2, 0.25) is 0 Å². The number of hydrogen-bond donors (Lipinski definition) is 0. The van der Waals surface area contributed by atoms with Gasteiger partial charge >= 0.3 is 5.97 Å². The van der Waals surface area contributed by atoms with E-state index >= 15 is 0 Å². The maximum absolute atomic E-state index is 11.4. The average Bonchev–Trinajstić information content (AvgIpc) is 2.46. The molecule has 72 valence electrons. The molecule has 0 aromatic heterocycles. The van der Waals surface area contributed by atoms with Gasteiger partial charge in [-0.05, 0) is 12.2 Å². The molecule has 0 atom stereocenters. The van der Waals surface area contributed by atoms with Crippen molar-refractivity contribution in [2.24, 2.45) is 4.99 Å². The zero-order valence-corrected chi connectivity index (χ0v) is 8.02. The molecule has 4 heteroatoms. The van der Waals surface area contributed by atoms with Gasteiger partial charge in [0.25, 0.3) is 0 Å². The molecule has 14 heavy (non-hydrogen) atoms. The van der Waals surface area contributed by atoms with Gasteiger partial charge in [0.1, 0.15) is 0 Å². The van der Waals surface area contributed by atoms with Crippen molar-refractivity contribution >= 4 is 11.9 Å². The third kappa shape index (κ3) is 1.35. The first kappa shape index (κ1) is 8.74. The number of nitrogens with zero attached hydrogens (tertiary/aromatic N) is 2. The van der Waals surface area contributed by atoms with Crippen LogP contribution >= 0.6 is 0 Å². The van der Waals surface area contributed by atoms with Crippen LogP contribution in [0, 0.1) is 0 Å². The van der Waals surface area contributed by atoms with Crippen molar-refractivity contribution in [3.63, 3.8) is 0 Å². The highest BCUT2D eigenvalue weighted by atomic mass is 16.6. The second-order valence-electron chi connectivity index (χ2n) is 3.07. The van der Waals surface area contributed by atoms with Crippen LogP contribution in [0.3, 0.4) is 0 Å². The minimum atomic E-state index is -0.385. The monoisotopic (exact) mass is 190 g/mol. The Morgan fingerprint density at radius 2 is 2.21 bits per heavy atom. The minimum Gasteiger partial charge on any atom is -0.407 e. The number of rotatable bonds is 0. The number of esters is 1. The Morgan fingerprint density at radius 1 is 1.43 bits per heavy atom. The molecular weight excluding hydrogens is 180 g/mol. The smallest absolute Gasteiger partial charge is 0.365 e. The van der Waals surface area contributed by atoms with Gasteiger partial charge in [-0.25, -0.2) is 9.79 Å². The Morgan fingerprint density at radius 3 is 2.79 bits per heavy atom. The zero-order chi connectivity index (χ0) is 10.1. The molecule has 0 saturated carbocycles. The molecule has 2 rings (SSSR count). The van der Waals surface area contributed by atoms with Crippen LogP contribution in [0.4, 0.5) is 0 Å². The lowest BCUT2D eigenvalue weighted by atomic mass is 10.2. The van der Waals surface area contributed by atoms with Crippen LogP contribution in [0.5, 0.6) is 0 Å². The SMILES string of the molecule is CC1=N/C(=C2/C=CC=CN2C)C(=O)O1. The van der Waals surface area contributed by atoms with Gasteiger partial charge in [-0.15, -0.1) is 0 Å². The number of carbonyl (C=O) groups is 1. The van der Waals surface area contributed by atoms with Gasteiger partial charge in [0, 0.05) is 20.2 Å². The predicted molar refractivity (Wildman–Crippen MR) is 52.3 cm³/mol. The number of carbonyl (C=O) groups excluding carboxylic acids is 1. The Balaban J connectivity index is 2.45. The van der Waals surface area contributed by atoms with Gasteiger partial charge in [0.15, 0.2) is 11.6 Å². The zero-order valence-electron chi connectivity index (χ0n) is 8.02. The Bertz CT molecular complexity index is 402. The van der Waals surface area contributed by atoms with Crippen LogP contribution < -0.4 is 0 Å². The summed E-state index contributed by atoms with van der Waals surface area (Å²) in [5, 5.41) is 0. The van der Waals surface area contributed by atoms with Crippen molar-refractivity contribution in [1.29, 1.82) is 0 Å². The number of aliphatic imine (C=N–C) groups is 1. The highest BCUT2D eigenvalue weighted by Gasteiger charge is 2.24. The highest BCUT2D eigenvalue weighted by Crippen LogP contribution is 2.20. The quantitative estimate of drug-likeness (QED) is 0.425. The van der Waals surface area contributed by atoms with E-state index in [2.05, 4.69) is 4.99 Å². The standard InChI is InChI=1S/C10H10N2O2/c1-7-11-9(10(13)14-7)8-5-3-4-6-12(8)2/h3-6H,1-2H3/b9-8-. The normalized spacial score (nSPS) is 25.4. The van der Waals surface area contributed by atoms with Gasteiger partial charge in [-0.1, -0.05) is 6.08 Å². The lowest BCUT2D eigenvalue weighted by Gasteiger charge is -2.17. The molecule has 0 bridgehead atoms. The summed E-state index contributed by atoms with van der Waals surface area (Å²) in [5.74, 6) is 0.0122. The third-order valence-corrected chi connectivity index (χ3v) is 2.00. The molecule has 0 radical (unpaired) electrons. The number of ether oxygens (including phenoxy) is 1. The summed E-state index contributed by atoms with van der Waals surface area (Å²) >= 11 is 0. The maximum Gasteiger partial charge on any atom is 0.365 e. The first-order valence-corrected chi connectivity index (χ1v) is 4.28. The number of cyclic esters (lactones) is 1. The summed E-state index contributed by atoms with van der Waals surface area (Å²) in [6.45, 7) is 1.66. The molecule has 0 saturated heterocycles. The summed E-state index contributed by atoms with van der Waals surface area (Å²) in [6, 6.07) is 0. The number of allylic oxidation sites excluding steroid dienone is 3. The van der Waals surface area contributed by atoms with Crippen LogP contribution in [0.25, 0.3) is 0 Å². The molecule has 0 aromatic rings. The van der Waals surface area contributed by atoms with Gasteiger partial charge in [-0.3, -0.25) is 0 Å². The van der Waals surface area contributed by atoms with E-state index < -0.39 is 0 Å². The second-order valence-corrected chi connectivity index (χ2v) is 3.07. The van der Waals surface area contributed by atoms with Crippen molar-refractivity contribution < 1.29 is 9.53 Å². The maximum atomic E-state index is 11.4. The topological polar surface area (TPSA) is 41.9 Å². The molecule has 0 N–H and O–H groups in total. The van der Waals surface area contributed by atoms with Crippen molar-refractivity contribution in [3.05, 3.63) is 35.8 Å². The number of likely N-dealkylation sites (N-methyl/N-ethyl adjacent to an activating group) is 1. The molecule has 2 aliphatic heterocycles. The molecule has 0 aliphatic carbocycles. The number of hydrogen-bond acceptors (Lipinski definition) is 4. The third-order valence-electron chi connectivity index (χ3n) is 2.00. The summed E-state index contributed by atoms with van der Waals surface area (Å²) < 4.78 is 4.84. The fourth-order valence-electron chi connectivity index (χ4n) is 1.34. The lowest BCUT2D eigenvalue weighted by Crippen LogP contribution is -2.15. The first-order valence-electron chi connectivity index (χ1n) is 4.28. The van der Waals surface area contributed by atoms with Crippen LogP contribution in [0.1, 0.15) is 6.92 Å². The summed E-state index contributed by atoms with van der Waals surface area (Å²) in [7, 11) is 1.86. The van der Waals surface area contributed by atoms with Gasteiger partial charge in [-0.2, -0.15) is 0 Å². The average molecular weight is 190 g/mol. The summed E-state index contributed by atoms with van der Waals surface area (Å²) in [4.78, 5) is 17.2. The molecule has 0 spiro atoms. The summed E-state index contributed by atoms with van der Waals surface area (Å²) in [5.41, 5.74) is 1.12. The van der Waals surface area contributed by atoms with E-state index in [-0.39, 0.29) is 5.97 Å².